The molecule has 0 fully saturated rings. The van der Waals surface area contributed by atoms with E-state index in [4.69, 9.17) is 10.2 Å². The van der Waals surface area contributed by atoms with Gasteiger partial charge >= 0.3 is 7.82 Å². The van der Waals surface area contributed by atoms with Crippen molar-refractivity contribution < 1.29 is 18.5 Å². The molecule has 0 atom stereocenters. The second-order valence-electron chi connectivity index (χ2n) is 1.30. The van der Waals surface area contributed by atoms with Gasteiger partial charge in [0.2, 0.25) is 0 Å². The van der Waals surface area contributed by atoms with E-state index in [1.165, 1.54) is 0 Å². The van der Waals surface area contributed by atoms with E-state index < -0.39 is 7.82 Å². The first-order valence-electron chi connectivity index (χ1n) is 3.00. The normalized spacial score (nSPS) is 9.91. The molecule has 5 nitrogen and oxygen atoms in total. The van der Waals surface area contributed by atoms with E-state index in [9.17, 15) is 4.57 Å². The zero-order chi connectivity index (χ0) is 9.33. The van der Waals surface area contributed by atoms with Gasteiger partial charge in [0, 0.05) is 6.57 Å². The largest absolute Gasteiger partial charge is 0.472 e. The molecule has 0 spiro atoms. The molecule has 6 heteroatoms. The van der Waals surface area contributed by atoms with Gasteiger partial charge in [0.1, 0.15) is 0 Å². The zero-order valence-corrected chi connectivity index (χ0v) is 7.45. The van der Waals surface area contributed by atoms with E-state index in [1.807, 2.05) is 0 Å². The molecule has 0 aromatic heterocycles. The lowest BCUT2D eigenvalue weighted by atomic mass is 10.9. The molecule has 1 N–H and O–H groups in total. The molecule has 0 aliphatic rings. The molecule has 0 aliphatic carbocycles. The quantitative estimate of drug-likeness (QED) is 0.661. The molecule has 0 aromatic rings. The van der Waals surface area contributed by atoms with Crippen molar-refractivity contribution in [1.29, 1.82) is 5.26 Å². The van der Waals surface area contributed by atoms with Gasteiger partial charge in [0.05, 0.1) is 13.2 Å². The minimum atomic E-state index is -3.69. The number of hydrogen-bond donors (Lipinski definition) is 1. The zero-order valence-electron chi connectivity index (χ0n) is 6.56. The van der Waals surface area contributed by atoms with Crippen molar-refractivity contribution in [2.75, 3.05) is 13.2 Å². The number of nitrogens with zero attached hydrogens (tertiary/aromatic N) is 1. The molecule has 0 heterocycles. The average molecular weight is 181 g/mol. The fraction of sp³-hybridized carbons (Fsp3) is 0.800. The van der Waals surface area contributed by atoms with E-state index >= 15 is 0 Å². The molecule has 0 aliphatic heterocycles. The summed E-state index contributed by atoms with van der Waals surface area (Å²) >= 11 is 0. The highest BCUT2D eigenvalue weighted by molar-refractivity contribution is 7.47. The Morgan fingerprint density at radius 1 is 1.36 bits per heavy atom. The van der Waals surface area contributed by atoms with Crippen molar-refractivity contribution in [3.63, 3.8) is 0 Å². The summed E-state index contributed by atoms with van der Waals surface area (Å²) in [5.41, 5.74) is 0. The summed E-state index contributed by atoms with van der Waals surface area (Å²) in [5, 5.41) is 6.50. The van der Waals surface area contributed by atoms with Gasteiger partial charge in [-0.1, -0.05) is 0 Å². The summed E-state index contributed by atoms with van der Waals surface area (Å²) in [6.07, 6.45) is 0. The van der Waals surface area contributed by atoms with Gasteiger partial charge in [0.15, 0.2) is 0 Å². The summed E-state index contributed by atoms with van der Waals surface area (Å²) in [7, 11) is -3.69. The number of hydrogen-bond acceptors (Lipinski definition) is 4. The SMILES string of the molecule is C#N.CCOP(=O)(O)OCC. The van der Waals surface area contributed by atoms with Gasteiger partial charge < -0.3 is 4.89 Å². The monoisotopic (exact) mass is 181 g/mol. The summed E-state index contributed by atoms with van der Waals surface area (Å²) in [6.45, 7) is 7.13. The Hall–Kier alpha value is -0.400. The van der Waals surface area contributed by atoms with E-state index in [0.717, 1.165) is 0 Å². The Bertz CT molecular complexity index is 137. The van der Waals surface area contributed by atoms with Crippen LogP contribution in [0.1, 0.15) is 13.8 Å². The minimum absolute atomic E-state index is 0.188. The van der Waals surface area contributed by atoms with Gasteiger partial charge in [-0.3, -0.25) is 9.05 Å². The number of nitriles is 1. The van der Waals surface area contributed by atoms with Gasteiger partial charge in [-0.25, -0.2) is 9.83 Å². The fourth-order valence-corrected chi connectivity index (χ4v) is 1.09. The van der Waals surface area contributed by atoms with Crippen LogP contribution in [-0.4, -0.2) is 18.1 Å². The number of rotatable bonds is 4. The summed E-state index contributed by atoms with van der Waals surface area (Å²) < 4.78 is 19.2. The van der Waals surface area contributed by atoms with Crippen molar-refractivity contribution >= 4 is 7.82 Å². The van der Waals surface area contributed by atoms with E-state index in [-0.39, 0.29) is 13.2 Å². The first-order valence-corrected chi connectivity index (χ1v) is 4.49. The molecule has 0 saturated carbocycles. The van der Waals surface area contributed by atoms with E-state index in [1.54, 1.807) is 13.8 Å². The first kappa shape index (κ1) is 13.2. The Balaban J connectivity index is 0. The molecule has 66 valence electrons. The summed E-state index contributed by atoms with van der Waals surface area (Å²) in [5.74, 6) is 0. The van der Waals surface area contributed by atoms with Crippen molar-refractivity contribution in [2.45, 2.75) is 13.8 Å². The molecular formula is C5H12NO4P. The number of phosphoric acid groups is 1. The summed E-state index contributed by atoms with van der Waals surface area (Å²) in [4.78, 5) is 8.63. The maximum absolute atomic E-state index is 10.5. The standard InChI is InChI=1S/C4H11O4P.CHN/c1-3-7-9(5,6)8-4-2;1-2/h3-4H2,1-2H3,(H,5,6);1H. The van der Waals surface area contributed by atoms with Crippen LogP contribution < -0.4 is 0 Å². The second kappa shape index (κ2) is 7.70. The van der Waals surface area contributed by atoms with Crippen LogP contribution in [0, 0.1) is 11.8 Å². The Labute approximate surface area is 66.2 Å². The van der Waals surface area contributed by atoms with Crippen LogP contribution >= 0.6 is 7.82 Å². The van der Waals surface area contributed by atoms with Gasteiger partial charge in [-0.05, 0) is 13.8 Å². The van der Waals surface area contributed by atoms with Crippen LogP contribution in [0.25, 0.3) is 0 Å². The third-order valence-corrected chi connectivity index (χ3v) is 1.75. The van der Waals surface area contributed by atoms with Crippen molar-refractivity contribution in [2.24, 2.45) is 0 Å². The fourth-order valence-electron chi connectivity index (χ4n) is 0.364. The Kier molecular flexibility index (Phi) is 9.25. The smallest absolute Gasteiger partial charge is 0.302 e. The first-order chi connectivity index (χ1) is 5.12. The van der Waals surface area contributed by atoms with Crippen molar-refractivity contribution in [1.82, 2.24) is 0 Å². The minimum Gasteiger partial charge on any atom is -0.302 e. The second-order valence-corrected chi connectivity index (χ2v) is 2.76. The molecule has 0 aromatic carbocycles. The van der Waals surface area contributed by atoms with Crippen LogP contribution in [0.4, 0.5) is 0 Å². The maximum Gasteiger partial charge on any atom is 0.472 e. The van der Waals surface area contributed by atoms with E-state index in [2.05, 4.69) is 15.6 Å². The van der Waals surface area contributed by atoms with Crippen LogP contribution in [-0.2, 0) is 13.6 Å². The third-order valence-electron chi connectivity index (χ3n) is 0.584. The van der Waals surface area contributed by atoms with Crippen molar-refractivity contribution in [3.8, 4) is 6.57 Å². The van der Waals surface area contributed by atoms with Crippen LogP contribution in [0.3, 0.4) is 0 Å². The molecule has 0 radical (unpaired) electrons. The predicted molar refractivity (Wildman–Crippen MR) is 39.7 cm³/mol. The van der Waals surface area contributed by atoms with Crippen LogP contribution in [0.5, 0.6) is 0 Å². The van der Waals surface area contributed by atoms with E-state index in [0.29, 0.717) is 0 Å². The third kappa shape index (κ3) is 9.60. The lowest BCUT2D eigenvalue weighted by Gasteiger charge is -2.07. The maximum atomic E-state index is 10.5. The molecule has 0 amide bonds. The highest BCUT2D eigenvalue weighted by atomic mass is 31.2. The highest BCUT2D eigenvalue weighted by Crippen LogP contribution is 2.42. The molecular weight excluding hydrogens is 169 g/mol. The van der Waals surface area contributed by atoms with Crippen LogP contribution in [0.15, 0.2) is 0 Å². The Morgan fingerprint density at radius 2 is 1.64 bits per heavy atom. The Morgan fingerprint density at radius 3 is 1.82 bits per heavy atom. The lowest BCUT2D eigenvalue weighted by molar-refractivity contribution is 0.161. The van der Waals surface area contributed by atoms with Crippen LogP contribution in [0.2, 0.25) is 0 Å². The molecule has 0 unspecified atom stereocenters. The van der Waals surface area contributed by atoms with Gasteiger partial charge in [0.25, 0.3) is 0 Å². The highest BCUT2D eigenvalue weighted by Gasteiger charge is 2.17. The van der Waals surface area contributed by atoms with Gasteiger partial charge in [-0.15, -0.1) is 0 Å². The van der Waals surface area contributed by atoms with Crippen molar-refractivity contribution in [3.05, 3.63) is 0 Å². The molecule has 0 bridgehead atoms. The predicted octanol–water partition coefficient (Wildman–Crippen LogP) is 1.30. The molecule has 11 heavy (non-hydrogen) atoms. The topological polar surface area (TPSA) is 79.5 Å². The molecule has 0 saturated heterocycles. The summed E-state index contributed by atoms with van der Waals surface area (Å²) in [6, 6.07) is 0. The van der Waals surface area contributed by atoms with Gasteiger partial charge in [-0.2, -0.15) is 0 Å². The average Bonchev–Trinajstić information content (AvgIpc) is 1.91. The number of phosphoric ester groups is 1. The molecule has 0 rings (SSSR count). The lowest BCUT2D eigenvalue weighted by Crippen LogP contribution is -1.93.